The van der Waals surface area contributed by atoms with Crippen molar-refractivity contribution in [2.75, 3.05) is 0 Å². The van der Waals surface area contributed by atoms with E-state index >= 15 is 0 Å². The van der Waals surface area contributed by atoms with Gasteiger partial charge in [0.05, 0.1) is 6.10 Å². The third-order valence-corrected chi connectivity index (χ3v) is 4.04. The van der Waals surface area contributed by atoms with Crippen molar-refractivity contribution in [2.24, 2.45) is 0 Å². The van der Waals surface area contributed by atoms with Crippen LogP contribution in [0.5, 0.6) is 0 Å². The van der Waals surface area contributed by atoms with E-state index in [0.29, 0.717) is 5.56 Å². The van der Waals surface area contributed by atoms with E-state index in [2.05, 4.69) is 0 Å². The molecule has 1 fully saturated rings. The van der Waals surface area contributed by atoms with Crippen LogP contribution >= 0.6 is 0 Å². The van der Waals surface area contributed by atoms with E-state index in [1.54, 1.807) is 0 Å². The average Bonchev–Trinajstić information content (AvgIpc) is 3.19. The fourth-order valence-corrected chi connectivity index (χ4v) is 2.87. The highest BCUT2D eigenvalue weighted by atomic mass is 19.1. The Kier molecular flexibility index (Phi) is 2.90. The number of halogens is 1. The zero-order chi connectivity index (χ0) is 13.5. The summed E-state index contributed by atoms with van der Waals surface area (Å²) < 4.78 is 13.5. The molecule has 98 valence electrons. The average molecular weight is 256 g/mol. The molecule has 0 heterocycles. The minimum Gasteiger partial charge on any atom is -0.387 e. The van der Waals surface area contributed by atoms with Gasteiger partial charge < -0.3 is 5.11 Å². The second-order valence-electron chi connectivity index (χ2n) is 5.49. The Balaban J connectivity index is 1.98. The van der Waals surface area contributed by atoms with E-state index in [1.807, 2.05) is 43.3 Å². The molecule has 0 aromatic heterocycles. The van der Waals surface area contributed by atoms with Gasteiger partial charge in [-0.25, -0.2) is 4.39 Å². The molecule has 1 aliphatic carbocycles. The number of aryl methyl sites for hydroxylation is 1. The van der Waals surface area contributed by atoms with Crippen molar-refractivity contribution in [1.29, 1.82) is 0 Å². The van der Waals surface area contributed by atoms with E-state index in [0.717, 1.165) is 24.0 Å². The summed E-state index contributed by atoms with van der Waals surface area (Å²) in [6.07, 6.45) is 1.27. The Morgan fingerprint density at radius 1 is 1.11 bits per heavy atom. The van der Waals surface area contributed by atoms with Gasteiger partial charge >= 0.3 is 0 Å². The number of hydrogen-bond acceptors (Lipinski definition) is 1. The predicted octanol–water partition coefficient (Wildman–Crippen LogP) is 3.90. The van der Waals surface area contributed by atoms with Crippen molar-refractivity contribution in [3.05, 3.63) is 71.0 Å². The molecule has 0 amide bonds. The summed E-state index contributed by atoms with van der Waals surface area (Å²) in [5.41, 5.74) is 2.45. The monoisotopic (exact) mass is 256 g/mol. The molecule has 1 aliphatic rings. The molecule has 1 atom stereocenters. The van der Waals surface area contributed by atoms with Gasteiger partial charge in [0.2, 0.25) is 0 Å². The Morgan fingerprint density at radius 2 is 1.79 bits per heavy atom. The summed E-state index contributed by atoms with van der Waals surface area (Å²) in [4.78, 5) is 0. The molecular formula is C17H17FO. The van der Waals surface area contributed by atoms with E-state index < -0.39 is 6.10 Å². The normalized spacial score (nSPS) is 18.1. The molecule has 1 nitrogen and oxygen atoms in total. The first-order valence-corrected chi connectivity index (χ1v) is 6.62. The van der Waals surface area contributed by atoms with Crippen molar-refractivity contribution in [3.8, 4) is 0 Å². The molecule has 19 heavy (non-hydrogen) atoms. The third-order valence-electron chi connectivity index (χ3n) is 4.04. The summed E-state index contributed by atoms with van der Waals surface area (Å²) in [6.45, 7) is 1.85. The molecular weight excluding hydrogens is 239 g/mol. The van der Waals surface area contributed by atoms with E-state index in [1.165, 1.54) is 12.1 Å². The van der Waals surface area contributed by atoms with Crippen LogP contribution in [-0.2, 0) is 5.41 Å². The highest BCUT2D eigenvalue weighted by Gasteiger charge is 2.50. The van der Waals surface area contributed by atoms with Crippen LogP contribution in [0.4, 0.5) is 4.39 Å². The molecule has 2 heteroatoms. The second-order valence-corrected chi connectivity index (χ2v) is 5.49. The van der Waals surface area contributed by atoms with Gasteiger partial charge in [-0.3, -0.25) is 0 Å². The number of hydrogen-bond donors (Lipinski definition) is 1. The number of rotatable bonds is 3. The lowest BCUT2D eigenvalue weighted by molar-refractivity contribution is 0.132. The Morgan fingerprint density at radius 3 is 2.37 bits per heavy atom. The second kappa shape index (κ2) is 4.46. The lowest BCUT2D eigenvalue weighted by Gasteiger charge is -2.23. The summed E-state index contributed by atoms with van der Waals surface area (Å²) in [5, 5.41) is 10.6. The maximum absolute atomic E-state index is 13.5. The van der Waals surface area contributed by atoms with Crippen molar-refractivity contribution in [3.63, 3.8) is 0 Å². The third kappa shape index (κ3) is 2.17. The zero-order valence-corrected chi connectivity index (χ0v) is 10.9. The largest absolute Gasteiger partial charge is 0.387 e. The van der Waals surface area contributed by atoms with E-state index in [9.17, 15) is 9.50 Å². The quantitative estimate of drug-likeness (QED) is 0.883. The molecule has 0 aliphatic heterocycles. The van der Waals surface area contributed by atoms with Gasteiger partial charge in [-0.05, 0) is 48.6 Å². The molecule has 0 spiro atoms. The molecule has 2 aromatic carbocycles. The molecule has 0 bridgehead atoms. The maximum Gasteiger partial charge on any atom is 0.123 e. The van der Waals surface area contributed by atoms with Crippen molar-refractivity contribution >= 4 is 0 Å². The standard InChI is InChI=1S/C17H17FO/c1-12-9-13(11-15(18)10-12)16(19)17(7-8-17)14-5-3-2-4-6-14/h2-6,9-11,16,19H,7-8H2,1H3. The highest BCUT2D eigenvalue weighted by molar-refractivity contribution is 5.38. The van der Waals surface area contributed by atoms with Gasteiger partial charge in [-0.15, -0.1) is 0 Å². The van der Waals surface area contributed by atoms with Gasteiger partial charge in [-0.1, -0.05) is 36.4 Å². The van der Waals surface area contributed by atoms with Crippen LogP contribution in [0.2, 0.25) is 0 Å². The number of benzene rings is 2. The van der Waals surface area contributed by atoms with Crippen LogP contribution in [0.25, 0.3) is 0 Å². The summed E-state index contributed by atoms with van der Waals surface area (Å²) >= 11 is 0. The Labute approximate surface area is 112 Å². The predicted molar refractivity (Wildman–Crippen MR) is 73.5 cm³/mol. The maximum atomic E-state index is 13.5. The zero-order valence-electron chi connectivity index (χ0n) is 10.9. The first kappa shape index (κ1) is 12.4. The smallest absolute Gasteiger partial charge is 0.123 e. The molecule has 2 aromatic rings. The Hall–Kier alpha value is -1.67. The van der Waals surface area contributed by atoms with Crippen LogP contribution < -0.4 is 0 Å². The van der Waals surface area contributed by atoms with Crippen LogP contribution in [0, 0.1) is 12.7 Å². The van der Waals surface area contributed by atoms with Crippen molar-refractivity contribution < 1.29 is 9.50 Å². The first-order valence-electron chi connectivity index (χ1n) is 6.62. The summed E-state index contributed by atoms with van der Waals surface area (Å²) in [6, 6.07) is 14.8. The molecule has 1 saturated carbocycles. The number of aliphatic hydroxyl groups is 1. The minimum absolute atomic E-state index is 0.221. The lowest BCUT2D eigenvalue weighted by Crippen LogP contribution is -2.18. The van der Waals surface area contributed by atoms with Gasteiger partial charge in [-0.2, -0.15) is 0 Å². The molecule has 3 rings (SSSR count). The van der Waals surface area contributed by atoms with Gasteiger partial charge in [0.1, 0.15) is 5.82 Å². The SMILES string of the molecule is Cc1cc(F)cc(C(O)C2(c3ccccc3)CC2)c1. The minimum atomic E-state index is -0.635. The van der Waals surface area contributed by atoms with E-state index in [-0.39, 0.29) is 11.2 Å². The van der Waals surface area contributed by atoms with Crippen LogP contribution in [-0.4, -0.2) is 5.11 Å². The van der Waals surface area contributed by atoms with Crippen molar-refractivity contribution in [2.45, 2.75) is 31.3 Å². The highest BCUT2D eigenvalue weighted by Crippen LogP contribution is 2.56. The molecule has 1 N–H and O–H groups in total. The summed E-state index contributed by atoms with van der Waals surface area (Å²) in [7, 11) is 0. The van der Waals surface area contributed by atoms with Crippen molar-refractivity contribution in [1.82, 2.24) is 0 Å². The number of aliphatic hydroxyl groups excluding tert-OH is 1. The van der Waals surface area contributed by atoms with Gasteiger partial charge in [0, 0.05) is 5.41 Å². The molecule has 0 saturated heterocycles. The fraction of sp³-hybridized carbons (Fsp3) is 0.294. The fourth-order valence-electron chi connectivity index (χ4n) is 2.87. The molecule has 0 radical (unpaired) electrons. The molecule has 1 unspecified atom stereocenters. The Bertz CT molecular complexity index is 567. The first-order chi connectivity index (χ1) is 9.12. The van der Waals surface area contributed by atoms with Gasteiger partial charge in [0.25, 0.3) is 0 Å². The van der Waals surface area contributed by atoms with Gasteiger partial charge in [0.15, 0.2) is 0 Å². The van der Waals surface area contributed by atoms with E-state index in [4.69, 9.17) is 0 Å². The van der Waals surface area contributed by atoms with Crippen LogP contribution in [0.15, 0.2) is 48.5 Å². The summed E-state index contributed by atoms with van der Waals surface area (Å²) in [5.74, 6) is -0.280. The lowest BCUT2D eigenvalue weighted by atomic mass is 9.85. The topological polar surface area (TPSA) is 20.2 Å². The van der Waals surface area contributed by atoms with Crippen LogP contribution in [0.1, 0.15) is 35.6 Å². The van der Waals surface area contributed by atoms with Crippen LogP contribution in [0.3, 0.4) is 0 Å².